The Hall–Kier alpha value is -1.31. The number of amidine groups is 1. The number of nitrogens with zero attached hydrogens (tertiary/aromatic N) is 1. The molecule has 1 aromatic rings. The third-order valence-corrected chi connectivity index (χ3v) is 3.37. The number of thioether (sulfide) groups is 1. The van der Waals surface area contributed by atoms with Crippen LogP contribution in [0.2, 0.25) is 0 Å². The minimum absolute atomic E-state index is 0.149. The maximum absolute atomic E-state index is 13.6. The summed E-state index contributed by atoms with van der Waals surface area (Å²) in [5, 5.41) is 29.0. The van der Waals surface area contributed by atoms with Crippen LogP contribution in [0, 0.1) is 5.82 Å². The van der Waals surface area contributed by atoms with Crippen LogP contribution in [-0.4, -0.2) is 39.7 Å². The summed E-state index contributed by atoms with van der Waals surface area (Å²) in [6.45, 7) is -0.308. The van der Waals surface area contributed by atoms with Crippen LogP contribution in [0.25, 0.3) is 0 Å². The van der Waals surface area contributed by atoms with Crippen LogP contribution in [0.4, 0.5) is 4.39 Å². The molecule has 0 heterocycles. The number of nitrogens with two attached hydrogens (primary N) is 1. The van der Waals surface area contributed by atoms with Gasteiger partial charge in [-0.25, -0.2) is 4.39 Å². The molecule has 7 heteroatoms. The number of halogens is 1. The average Bonchev–Trinajstić information content (AvgIpc) is 2.39. The highest BCUT2D eigenvalue weighted by Gasteiger charge is 2.08. The first kappa shape index (κ1) is 14.7. The topological polar surface area (TPSA) is 99.1 Å². The van der Waals surface area contributed by atoms with Crippen LogP contribution in [0.1, 0.15) is 11.1 Å². The predicted molar refractivity (Wildman–Crippen MR) is 68.2 cm³/mol. The van der Waals surface area contributed by atoms with E-state index in [9.17, 15) is 4.39 Å². The summed E-state index contributed by atoms with van der Waals surface area (Å²) in [5.74, 6) is 0.103. The van der Waals surface area contributed by atoms with Gasteiger partial charge >= 0.3 is 0 Å². The lowest BCUT2D eigenvalue weighted by molar-refractivity contribution is 0.113. The summed E-state index contributed by atoms with van der Waals surface area (Å²) in [6, 6.07) is 4.28. The van der Waals surface area contributed by atoms with E-state index in [0.717, 1.165) is 0 Å². The third kappa shape index (κ3) is 4.17. The number of hydrogen-bond donors (Lipinski definition) is 4. The number of rotatable bonds is 6. The lowest BCUT2D eigenvalue weighted by Crippen LogP contribution is -2.15. The number of aliphatic hydroxyl groups excluding tert-OH is 2. The number of hydrogen-bond acceptors (Lipinski definition) is 5. The van der Waals surface area contributed by atoms with Crippen LogP contribution in [0.15, 0.2) is 23.4 Å². The first-order valence-electron chi connectivity index (χ1n) is 5.21. The van der Waals surface area contributed by atoms with Crippen LogP contribution in [0.3, 0.4) is 0 Å². The fourth-order valence-electron chi connectivity index (χ4n) is 1.24. The molecule has 1 unspecified atom stereocenters. The van der Waals surface area contributed by atoms with E-state index in [4.69, 9.17) is 21.2 Å². The van der Waals surface area contributed by atoms with Gasteiger partial charge in [0, 0.05) is 17.1 Å². The van der Waals surface area contributed by atoms with E-state index in [1.165, 1.54) is 17.8 Å². The molecule has 0 radical (unpaired) electrons. The zero-order valence-corrected chi connectivity index (χ0v) is 10.4. The van der Waals surface area contributed by atoms with Crippen molar-refractivity contribution in [3.05, 3.63) is 35.1 Å². The molecule has 0 bridgehead atoms. The molecular weight excluding hydrogens is 259 g/mol. The number of oxime groups is 1. The second-order valence-corrected chi connectivity index (χ2v) is 4.67. The van der Waals surface area contributed by atoms with Gasteiger partial charge in [-0.2, -0.15) is 11.8 Å². The lowest BCUT2D eigenvalue weighted by atomic mass is 10.1. The van der Waals surface area contributed by atoms with E-state index in [0.29, 0.717) is 22.6 Å². The van der Waals surface area contributed by atoms with E-state index in [-0.39, 0.29) is 12.4 Å². The van der Waals surface area contributed by atoms with Crippen molar-refractivity contribution in [2.24, 2.45) is 10.9 Å². The van der Waals surface area contributed by atoms with Gasteiger partial charge in [0.2, 0.25) is 0 Å². The molecule has 100 valence electrons. The van der Waals surface area contributed by atoms with E-state index in [1.54, 1.807) is 12.1 Å². The van der Waals surface area contributed by atoms with Crippen molar-refractivity contribution in [1.82, 2.24) is 0 Å². The fraction of sp³-hybridized carbons (Fsp3) is 0.364. The Bertz CT molecular complexity index is 429. The molecule has 18 heavy (non-hydrogen) atoms. The molecule has 5 N–H and O–H groups in total. The summed E-state index contributed by atoms with van der Waals surface area (Å²) in [6.07, 6.45) is -0.797. The van der Waals surface area contributed by atoms with Gasteiger partial charge in [-0.3, -0.25) is 0 Å². The molecule has 0 fully saturated rings. The Kier molecular flexibility index (Phi) is 5.90. The molecule has 1 aromatic carbocycles. The molecule has 0 aromatic heterocycles. The minimum atomic E-state index is -0.797. The van der Waals surface area contributed by atoms with Gasteiger partial charge in [0.25, 0.3) is 0 Å². The Morgan fingerprint density at radius 2 is 2.22 bits per heavy atom. The Morgan fingerprint density at radius 3 is 2.78 bits per heavy atom. The number of aliphatic hydroxyl groups is 2. The van der Waals surface area contributed by atoms with Crippen molar-refractivity contribution in [2.45, 2.75) is 11.9 Å². The average molecular weight is 274 g/mol. The normalized spacial score (nSPS) is 13.6. The smallest absolute Gasteiger partial charge is 0.170 e. The molecule has 0 aliphatic carbocycles. The van der Waals surface area contributed by atoms with Crippen LogP contribution in [0.5, 0.6) is 0 Å². The summed E-state index contributed by atoms with van der Waals surface area (Å²) >= 11 is 1.31. The van der Waals surface area contributed by atoms with Gasteiger partial charge in [0.05, 0.1) is 12.7 Å². The van der Waals surface area contributed by atoms with Gasteiger partial charge < -0.3 is 21.2 Å². The Balaban J connectivity index is 2.63. The molecular formula is C11H15FN2O3S. The summed E-state index contributed by atoms with van der Waals surface area (Å²) < 4.78 is 13.6. The molecule has 0 amide bonds. The van der Waals surface area contributed by atoms with E-state index >= 15 is 0 Å². The molecule has 0 spiro atoms. The minimum Gasteiger partial charge on any atom is -0.409 e. The van der Waals surface area contributed by atoms with E-state index in [1.807, 2.05) is 0 Å². The first-order valence-corrected chi connectivity index (χ1v) is 6.37. The van der Waals surface area contributed by atoms with Crippen molar-refractivity contribution in [3.63, 3.8) is 0 Å². The van der Waals surface area contributed by atoms with Crippen LogP contribution >= 0.6 is 11.8 Å². The quantitative estimate of drug-likeness (QED) is 0.262. The van der Waals surface area contributed by atoms with Crippen molar-refractivity contribution in [3.8, 4) is 0 Å². The van der Waals surface area contributed by atoms with Gasteiger partial charge in [-0.05, 0) is 11.6 Å². The third-order valence-electron chi connectivity index (χ3n) is 2.24. The molecule has 5 nitrogen and oxygen atoms in total. The molecule has 0 aliphatic heterocycles. The zero-order valence-electron chi connectivity index (χ0n) is 9.58. The summed E-state index contributed by atoms with van der Waals surface area (Å²) in [7, 11) is 0. The summed E-state index contributed by atoms with van der Waals surface area (Å²) in [5.41, 5.74) is 6.10. The van der Waals surface area contributed by atoms with Gasteiger partial charge in [-0.1, -0.05) is 17.3 Å². The second-order valence-electron chi connectivity index (χ2n) is 3.64. The highest BCUT2D eigenvalue weighted by molar-refractivity contribution is 7.98. The Morgan fingerprint density at radius 1 is 1.50 bits per heavy atom. The highest BCUT2D eigenvalue weighted by Crippen LogP contribution is 2.17. The van der Waals surface area contributed by atoms with Crippen molar-refractivity contribution < 1.29 is 19.8 Å². The van der Waals surface area contributed by atoms with Gasteiger partial charge in [0.1, 0.15) is 5.82 Å². The molecule has 0 saturated heterocycles. The molecule has 1 atom stereocenters. The molecule has 0 aliphatic rings. The zero-order chi connectivity index (χ0) is 13.5. The standard InChI is InChI=1S/C11H15FN2O3S/c12-10-3-7(11(13)14-17)1-2-8(10)5-18-6-9(16)4-15/h1-3,9,15-17H,4-6H2,(H2,13,14). The SMILES string of the molecule is NC(=NO)c1ccc(CSCC(O)CO)c(F)c1. The number of benzene rings is 1. The van der Waals surface area contributed by atoms with Gasteiger partial charge in [-0.15, -0.1) is 0 Å². The first-order chi connectivity index (χ1) is 8.58. The largest absolute Gasteiger partial charge is 0.409 e. The maximum atomic E-state index is 13.6. The van der Waals surface area contributed by atoms with Crippen molar-refractivity contribution in [2.75, 3.05) is 12.4 Å². The monoisotopic (exact) mass is 274 g/mol. The van der Waals surface area contributed by atoms with Crippen molar-refractivity contribution in [1.29, 1.82) is 0 Å². The van der Waals surface area contributed by atoms with E-state index < -0.39 is 11.9 Å². The van der Waals surface area contributed by atoms with Crippen LogP contribution in [-0.2, 0) is 5.75 Å². The van der Waals surface area contributed by atoms with Crippen molar-refractivity contribution >= 4 is 17.6 Å². The Labute approximate surface area is 108 Å². The van der Waals surface area contributed by atoms with Crippen LogP contribution < -0.4 is 5.73 Å². The molecule has 1 rings (SSSR count). The highest BCUT2D eigenvalue weighted by atomic mass is 32.2. The fourth-order valence-corrected chi connectivity index (χ4v) is 2.19. The predicted octanol–water partition coefficient (Wildman–Crippen LogP) is 0.507. The summed E-state index contributed by atoms with van der Waals surface area (Å²) in [4.78, 5) is 0. The van der Waals surface area contributed by atoms with Gasteiger partial charge in [0.15, 0.2) is 5.84 Å². The van der Waals surface area contributed by atoms with E-state index in [2.05, 4.69) is 5.16 Å². The second kappa shape index (κ2) is 7.20. The molecule has 0 saturated carbocycles. The maximum Gasteiger partial charge on any atom is 0.170 e. The lowest BCUT2D eigenvalue weighted by Gasteiger charge is -2.08.